The summed E-state index contributed by atoms with van der Waals surface area (Å²) in [6, 6.07) is 5.97. The van der Waals surface area contributed by atoms with E-state index in [2.05, 4.69) is 28.3 Å². The molecule has 0 atom stereocenters. The number of nitrogens with zero attached hydrogens (tertiary/aromatic N) is 2. The standard InChI is InChI=1S/C17H23ClN4/c1-2-19-17(22-9-3-4-10-22)20-8-7-13-12-21-16-6-5-14(18)11-15(13)16/h5-6,11-12,21H,2-4,7-10H2,1H3,(H,19,20). The highest BCUT2D eigenvalue weighted by atomic mass is 35.5. The zero-order chi connectivity index (χ0) is 15.4. The summed E-state index contributed by atoms with van der Waals surface area (Å²) in [5.41, 5.74) is 2.41. The summed E-state index contributed by atoms with van der Waals surface area (Å²) in [4.78, 5) is 10.4. The smallest absolute Gasteiger partial charge is 0.193 e. The van der Waals surface area contributed by atoms with Crippen molar-refractivity contribution in [3.8, 4) is 0 Å². The molecular formula is C17H23ClN4. The van der Waals surface area contributed by atoms with Gasteiger partial charge in [0, 0.05) is 48.3 Å². The lowest BCUT2D eigenvalue weighted by atomic mass is 10.1. The Balaban J connectivity index is 1.69. The van der Waals surface area contributed by atoms with Gasteiger partial charge in [-0.2, -0.15) is 0 Å². The van der Waals surface area contributed by atoms with Gasteiger partial charge in [-0.3, -0.25) is 4.99 Å². The molecule has 2 N–H and O–H groups in total. The number of aliphatic imine (C=N–C) groups is 1. The number of rotatable bonds is 4. The molecule has 0 spiro atoms. The molecule has 3 rings (SSSR count). The number of benzene rings is 1. The second kappa shape index (κ2) is 7.05. The van der Waals surface area contributed by atoms with Gasteiger partial charge in [-0.15, -0.1) is 0 Å². The number of H-pyrrole nitrogens is 1. The molecule has 0 unspecified atom stereocenters. The van der Waals surface area contributed by atoms with Crippen LogP contribution in [0.4, 0.5) is 0 Å². The Morgan fingerprint density at radius 3 is 2.95 bits per heavy atom. The van der Waals surface area contributed by atoms with Crippen LogP contribution in [-0.2, 0) is 6.42 Å². The fraction of sp³-hybridized carbons (Fsp3) is 0.471. The van der Waals surface area contributed by atoms with Gasteiger partial charge in [0.15, 0.2) is 5.96 Å². The number of aromatic amines is 1. The zero-order valence-electron chi connectivity index (χ0n) is 13.0. The van der Waals surface area contributed by atoms with Gasteiger partial charge in [0.2, 0.25) is 0 Å². The molecule has 2 heterocycles. The van der Waals surface area contributed by atoms with E-state index in [-0.39, 0.29) is 0 Å². The first-order valence-electron chi connectivity index (χ1n) is 8.06. The minimum atomic E-state index is 0.780. The van der Waals surface area contributed by atoms with Crippen molar-refractivity contribution in [3.63, 3.8) is 0 Å². The topological polar surface area (TPSA) is 43.4 Å². The Hall–Kier alpha value is -1.68. The van der Waals surface area contributed by atoms with Gasteiger partial charge in [0.25, 0.3) is 0 Å². The zero-order valence-corrected chi connectivity index (χ0v) is 13.8. The number of fused-ring (bicyclic) bond motifs is 1. The van der Waals surface area contributed by atoms with Crippen molar-refractivity contribution in [2.75, 3.05) is 26.2 Å². The van der Waals surface area contributed by atoms with Gasteiger partial charge in [0.05, 0.1) is 0 Å². The summed E-state index contributed by atoms with van der Waals surface area (Å²) in [6.45, 7) is 6.06. The van der Waals surface area contributed by atoms with Gasteiger partial charge in [-0.1, -0.05) is 11.6 Å². The second-order valence-corrected chi connectivity index (χ2v) is 6.12. The van der Waals surface area contributed by atoms with E-state index in [4.69, 9.17) is 16.6 Å². The molecular weight excluding hydrogens is 296 g/mol. The highest BCUT2D eigenvalue weighted by Crippen LogP contribution is 2.22. The molecule has 0 radical (unpaired) electrons. The van der Waals surface area contributed by atoms with E-state index in [9.17, 15) is 0 Å². The molecule has 118 valence electrons. The van der Waals surface area contributed by atoms with Crippen LogP contribution in [0, 0.1) is 0 Å². The lowest BCUT2D eigenvalue weighted by molar-refractivity contribution is 0.494. The summed E-state index contributed by atoms with van der Waals surface area (Å²) in [6.07, 6.45) is 5.53. The molecule has 0 amide bonds. The minimum Gasteiger partial charge on any atom is -0.361 e. The third kappa shape index (κ3) is 3.38. The van der Waals surface area contributed by atoms with Crippen molar-refractivity contribution in [3.05, 3.63) is 35.0 Å². The SMILES string of the molecule is CCNC(=NCCc1c[nH]c2ccc(Cl)cc12)N1CCCC1. The van der Waals surface area contributed by atoms with Crippen LogP contribution in [0.1, 0.15) is 25.3 Å². The average Bonchev–Trinajstić information content (AvgIpc) is 3.16. The largest absolute Gasteiger partial charge is 0.361 e. The van der Waals surface area contributed by atoms with E-state index in [1.807, 2.05) is 18.2 Å². The van der Waals surface area contributed by atoms with E-state index < -0.39 is 0 Å². The number of nitrogens with one attached hydrogen (secondary N) is 2. The Labute approximate surface area is 136 Å². The first-order valence-corrected chi connectivity index (χ1v) is 8.44. The van der Waals surface area contributed by atoms with E-state index in [1.54, 1.807) is 0 Å². The molecule has 1 aliphatic heterocycles. The minimum absolute atomic E-state index is 0.780. The van der Waals surface area contributed by atoms with Crippen LogP contribution >= 0.6 is 11.6 Å². The van der Waals surface area contributed by atoms with E-state index >= 15 is 0 Å². The molecule has 1 saturated heterocycles. The summed E-state index contributed by atoms with van der Waals surface area (Å²) in [5, 5.41) is 5.38. The van der Waals surface area contributed by atoms with Gasteiger partial charge in [-0.05, 0) is 49.9 Å². The van der Waals surface area contributed by atoms with E-state index in [0.29, 0.717) is 0 Å². The average molecular weight is 319 g/mol. The number of halogens is 1. The summed E-state index contributed by atoms with van der Waals surface area (Å²) < 4.78 is 0. The lowest BCUT2D eigenvalue weighted by Crippen LogP contribution is -2.39. The second-order valence-electron chi connectivity index (χ2n) is 5.68. The highest BCUT2D eigenvalue weighted by molar-refractivity contribution is 6.31. The molecule has 1 aliphatic rings. The first kappa shape index (κ1) is 15.2. The molecule has 1 fully saturated rings. The van der Waals surface area contributed by atoms with Crippen LogP contribution in [0.3, 0.4) is 0 Å². The van der Waals surface area contributed by atoms with Crippen LogP contribution in [0.5, 0.6) is 0 Å². The van der Waals surface area contributed by atoms with Crippen molar-refractivity contribution in [1.82, 2.24) is 15.2 Å². The van der Waals surface area contributed by atoms with Crippen molar-refractivity contribution >= 4 is 28.5 Å². The Morgan fingerprint density at radius 2 is 2.18 bits per heavy atom. The number of hydrogen-bond acceptors (Lipinski definition) is 1. The lowest BCUT2D eigenvalue weighted by Gasteiger charge is -2.20. The Bertz CT molecular complexity index is 656. The van der Waals surface area contributed by atoms with Gasteiger partial charge in [0.1, 0.15) is 0 Å². The number of aromatic nitrogens is 1. The number of guanidine groups is 1. The van der Waals surface area contributed by atoms with Crippen LogP contribution in [0.15, 0.2) is 29.4 Å². The van der Waals surface area contributed by atoms with Crippen molar-refractivity contribution < 1.29 is 0 Å². The molecule has 5 heteroatoms. The van der Waals surface area contributed by atoms with Gasteiger partial charge >= 0.3 is 0 Å². The van der Waals surface area contributed by atoms with Crippen LogP contribution in [0.2, 0.25) is 5.02 Å². The number of hydrogen-bond donors (Lipinski definition) is 2. The molecule has 22 heavy (non-hydrogen) atoms. The fourth-order valence-corrected chi connectivity index (χ4v) is 3.17. The molecule has 2 aromatic rings. The molecule has 1 aromatic heterocycles. The summed E-state index contributed by atoms with van der Waals surface area (Å²) >= 11 is 6.10. The normalized spacial score (nSPS) is 15.7. The predicted octanol–water partition coefficient (Wildman–Crippen LogP) is 3.43. The number of likely N-dealkylation sites (tertiary alicyclic amines) is 1. The van der Waals surface area contributed by atoms with Crippen molar-refractivity contribution in [2.45, 2.75) is 26.2 Å². The maximum atomic E-state index is 6.10. The maximum Gasteiger partial charge on any atom is 0.193 e. The predicted molar refractivity (Wildman–Crippen MR) is 93.8 cm³/mol. The molecule has 0 bridgehead atoms. The fourth-order valence-electron chi connectivity index (χ4n) is 2.99. The Morgan fingerprint density at radius 1 is 1.36 bits per heavy atom. The molecule has 0 aliphatic carbocycles. The van der Waals surface area contributed by atoms with Crippen molar-refractivity contribution in [2.24, 2.45) is 4.99 Å². The van der Waals surface area contributed by atoms with E-state index in [0.717, 1.165) is 49.1 Å². The molecule has 1 aromatic carbocycles. The third-order valence-electron chi connectivity index (χ3n) is 4.11. The maximum absolute atomic E-state index is 6.10. The first-order chi connectivity index (χ1) is 10.8. The van der Waals surface area contributed by atoms with E-state index in [1.165, 1.54) is 23.8 Å². The van der Waals surface area contributed by atoms with Gasteiger partial charge in [-0.25, -0.2) is 0 Å². The van der Waals surface area contributed by atoms with Crippen LogP contribution in [0.25, 0.3) is 10.9 Å². The van der Waals surface area contributed by atoms with Gasteiger partial charge < -0.3 is 15.2 Å². The molecule has 4 nitrogen and oxygen atoms in total. The molecule has 0 saturated carbocycles. The third-order valence-corrected chi connectivity index (χ3v) is 4.35. The Kier molecular flexibility index (Phi) is 4.88. The summed E-state index contributed by atoms with van der Waals surface area (Å²) in [5.74, 6) is 1.05. The van der Waals surface area contributed by atoms with Crippen LogP contribution < -0.4 is 5.32 Å². The van der Waals surface area contributed by atoms with Crippen molar-refractivity contribution in [1.29, 1.82) is 0 Å². The highest BCUT2D eigenvalue weighted by Gasteiger charge is 2.15. The monoisotopic (exact) mass is 318 g/mol. The quantitative estimate of drug-likeness (QED) is 0.670. The van der Waals surface area contributed by atoms with Crippen LogP contribution in [-0.4, -0.2) is 42.0 Å². The summed E-state index contributed by atoms with van der Waals surface area (Å²) in [7, 11) is 0.